The van der Waals surface area contributed by atoms with Crippen molar-refractivity contribution < 1.29 is 19.3 Å². The number of fused-ring (bicyclic) bond motifs is 2. The highest BCUT2D eigenvalue weighted by atomic mass is 16.6. The van der Waals surface area contributed by atoms with Crippen LogP contribution in [0.2, 0.25) is 0 Å². The molecule has 1 N–H and O–H groups in total. The van der Waals surface area contributed by atoms with Gasteiger partial charge in [0.1, 0.15) is 0 Å². The van der Waals surface area contributed by atoms with E-state index in [-0.39, 0.29) is 6.10 Å². The maximum absolute atomic E-state index is 9.93. The second kappa shape index (κ2) is 8.95. The molecule has 0 amide bonds. The predicted molar refractivity (Wildman–Crippen MR) is 92.5 cm³/mol. The summed E-state index contributed by atoms with van der Waals surface area (Å²) in [5.74, 6) is 0.724. The van der Waals surface area contributed by atoms with Crippen LogP contribution in [-0.4, -0.2) is 36.8 Å². The van der Waals surface area contributed by atoms with Crippen molar-refractivity contribution in [1.29, 1.82) is 0 Å². The summed E-state index contributed by atoms with van der Waals surface area (Å²) >= 11 is 0. The van der Waals surface area contributed by atoms with Crippen LogP contribution >= 0.6 is 0 Å². The SMILES string of the molecule is CCCCC(O)OCC1C2CCC(O2)C1COCc1ccccc1. The highest BCUT2D eigenvalue weighted by molar-refractivity contribution is 5.13. The van der Waals surface area contributed by atoms with Crippen LogP contribution in [0, 0.1) is 11.8 Å². The molecule has 2 aliphatic rings. The highest BCUT2D eigenvalue weighted by Gasteiger charge is 2.49. The number of unbranched alkanes of at least 4 members (excludes halogenated alkanes) is 1. The first-order valence-corrected chi connectivity index (χ1v) is 9.34. The van der Waals surface area contributed by atoms with E-state index in [1.807, 2.05) is 18.2 Å². The molecule has 2 bridgehead atoms. The fraction of sp³-hybridized carbons (Fsp3) is 0.700. The number of hydrogen-bond acceptors (Lipinski definition) is 4. The summed E-state index contributed by atoms with van der Waals surface area (Å²) in [6.45, 7) is 4.04. The summed E-state index contributed by atoms with van der Waals surface area (Å²) in [6.07, 6.45) is 4.96. The van der Waals surface area contributed by atoms with Gasteiger partial charge in [-0.2, -0.15) is 0 Å². The van der Waals surface area contributed by atoms with Gasteiger partial charge in [-0.25, -0.2) is 0 Å². The number of hydrogen-bond donors (Lipinski definition) is 1. The largest absolute Gasteiger partial charge is 0.376 e. The Kier molecular flexibility index (Phi) is 6.67. The molecule has 0 aromatic heterocycles. The van der Waals surface area contributed by atoms with E-state index in [9.17, 15) is 5.11 Å². The van der Waals surface area contributed by atoms with Crippen LogP contribution < -0.4 is 0 Å². The Morgan fingerprint density at radius 1 is 1.12 bits per heavy atom. The van der Waals surface area contributed by atoms with Crippen molar-refractivity contribution in [3.05, 3.63) is 35.9 Å². The minimum atomic E-state index is -0.644. The minimum absolute atomic E-state index is 0.277. The maximum Gasteiger partial charge on any atom is 0.154 e. The second-order valence-electron chi connectivity index (χ2n) is 7.05. The van der Waals surface area contributed by atoms with E-state index in [0.717, 1.165) is 25.7 Å². The van der Waals surface area contributed by atoms with Crippen LogP contribution in [0.25, 0.3) is 0 Å². The van der Waals surface area contributed by atoms with E-state index in [0.29, 0.717) is 44.2 Å². The standard InChI is InChI=1S/C20H30O4/c1-2-3-9-20(21)23-14-17-16(18-10-11-19(17)24-18)13-22-12-15-7-5-4-6-8-15/h4-8,16-21H,2-3,9-14H2,1H3. The van der Waals surface area contributed by atoms with E-state index >= 15 is 0 Å². The van der Waals surface area contributed by atoms with Crippen LogP contribution in [0.15, 0.2) is 30.3 Å². The Balaban J connectivity index is 1.45. The quantitative estimate of drug-likeness (QED) is 0.665. The third-order valence-corrected chi connectivity index (χ3v) is 5.30. The fourth-order valence-corrected chi connectivity index (χ4v) is 3.90. The van der Waals surface area contributed by atoms with Crippen molar-refractivity contribution in [3.8, 4) is 0 Å². The lowest BCUT2D eigenvalue weighted by molar-refractivity contribution is -0.123. The smallest absolute Gasteiger partial charge is 0.154 e. The normalized spacial score (nSPS) is 29.9. The molecule has 4 nitrogen and oxygen atoms in total. The molecular formula is C20H30O4. The summed E-state index contributed by atoms with van der Waals surface area (Å²) in [7, 11) is 0. The lowest BCUT2D eigenvalue weighted by Gasteiger charge is -2.28. The van der Waals surface area contributed by atoms with Gasteiger partial charge in [-0.05, 0) is 31.2 Å². The van der Waals surface area contributed by atoms with Crippen LogP contribution in [0.5, 0.6) is 0 Å². The van der Waals surface area contributed by atoms with Gasteiger partial charge in [-0.15, -0.1) is 0 Å². The van der Waals surface area contributed by atoms with Crippen molar-refractivity contribution in [2.75, 3.05) is 13.2 Å². The summed E-state index contributed by atoms with van der Waals surface area (Å²) in [4.78, 5) is 0. The van der Waals surface area contributed by atoms with Gasteiger partial charge in [0.2, 0.25) is 0 Å². The predicted octanol–water partition coefficient (Wildman–Crippen LogP) is 3.52. The molecule has 3 rings (SSSR count). The van der Waals surface area contributed by atoms with E-state index in [1.54, 1.807) is 0 Å². The molecule has 5 atom stereocenters. The molecule has 2 fully saturated rings. The maximum atomic E-state index is 9.93. The van der Waals surface area contributed by atoms with Gasteiger partial charge in [0.05, 0.1) is 32.0 Å². The van der Waals surface area contributed by atoms with Crippen LogP contribution in [-0.2, 0) is 20.8 Å². The van der Waals surface area contributed by atoms with E-state index in [2.05, 4.69) is 19.1 Å². The van der Waals surface area contributed by atoms with Crippen molar-refractivity contribution in [3.63, 3.8) is 0 Å². The van der Waals surface area contributed by atoms with Gasteiger partial charge in [0.15, 0.2) is 6.29 Å². The van der Waals surface area contributed by atoms with Crippen LogP contribution in [0.3, 0.4) is 0 Å². The first-order valence-electron chi connectivity index (χ1n) is 9.34. The molecule has 1 aromatic carbocycles. The molecular weight excluding hydrogens is 304 g/mol. The monoisotopic (exact) mass is 334 g/mol. The number of aliphatic hydroxyl groups excluding tert-OH is 1. The average Bonchev–Trinajstić information content (AvgIpc) is 3.21. The molecule has 134 valence electrons. The van der Waals surface area contributed by atoms with Crippen molar-refractivity contribution in [2.24, 2.45) is 11.8 Å². The average molecular weight is 334 g/mol. The number of benzene rings is 1. The molecule has 2 heterocycles. The molecule has 24 heavy (non-hydrogen) atoms. The van der Waals surface area contributed by atoms with Crippen molar-refractivity contribution in [2.45, 2.75) is 64.1 Å². The molecule has 0 spiro atoms. The van der Waals surface area contributed by atoms with Crippen LogP contribution in [0.1, 0.15) is 44.6 Å². The highest BCUT2D eigenvalue weighted by Crippen LogP contribution is 2.43. The zero-order valence-corrected chi connectivity index (χ0v) is 14.6. The molecule has 0 radical (unpaired) electrons. The third kappa shape index (κ3) is 4.57. The molecule has 0 aliphatic carbocycles. The molecule has 5 unspecified atom stereocenters. The molecule has 2 aliphatic heterocycles. The third-order valence-electron chi connectivity index (χ3n) is 5.30. The molecule has 4 heteroatoms. The van der Waals surface area contributed by atoms with E-state index in [4.69, 9.17) is 14.2 Å². The zero-order chi connectivity index (χ0) is 16.8. The van der Waals surface area contributed by atoms with Gasteiger partial charge in [0.25, 0.3) is 0 Å². The topological polar surface area (TPSA) is 47.9 Å². The van der Waals surface area contributed by atoms with Gasteiger partial charge in [-0.3, -0.25) is 0 Å². The Morgan fingerprint density at radius 2 is 1.83 bits per heavy atom. The Morgan fingerprint density at radius 3 is 2.54 bits per heavy atom. The van der Waals surface area contributed by atoms with E-state index in [1.165, 1.54) is 5.56 Å². The Hall–Kier alpha value is -0.940. The zero-order valence-electron chi connectivity index (χ0n) is 14.6. The summed E-state index contributed by atoms with van der Waals surface area (Å²) in [5.41, 5.74) is 1.20. The van der Waals surface area contributed by atoms with Gasteiger partial charge < -0.3 is 19.3 Å². The summed E-state index contributed by atoms with van der Waals surface area (Å²) in [6, 6.07) is 10.3. The van der Waals surface area contributed by atoms with Gasteiger partial charge >= 0.3 is 0 Å². The van der Waals surface area contributed by atoms with Gasteiger partial charge in [-0.1, -0.05) is 43.7 Å². The Bertz CT molecular complexity index is 478. The Labute approximate surface area is 145 Å². The fourth-order valence-electron chi connectivity index (χ4n) is 3.90. The number of rotatable bonds is 10. The lowest BCUT2D eigenvalue weighted by Crippen LogP contribution is -2.35. The minimum Gasteiger partial charge on any atom is -0.376 e. The number of ether oxygens (including phenoxy) is 3. The number of aliphatic hydroxyl groups is 1. The molecule has 2 saturated heterocycles. The van der Waals surface area contributed by atoms with E-state index < -0.39 is 6.29 Å². The van der Waals surface area contributed by atoms with Crippen molar-refractivity contribution >= 4 is 0 Å². The van der Waals surface area contributed by atoms with Crippen molar-refractivity contribution in [1.82, 2.24) is 0 Å². The second-order valence-corrected chi connectivity index (χ2v) is 7.05. The summed E-state index contributed by atoms with van der Waals surface area (Å²) < 4.78 is 17.7. The molecule has 0 saturated carbocycles. The molecule has 1 aromatic rings. The van der Waals surface area contributed by atoms with Crippen LogP contribution in [0.4, 0.5) is 0 Å². The first kappa shape index (κ1) is 17.9. The van der Waals surface area contributed by atoms with Gasteiger partial charge in [0, 0.05) is 11.8 Å². The summed E-state index contributed by atoms with van der Waals surface area (Å²) in [5, 5.41) is 9.93. The first-order chi connectivity index (χ1) is 11.8. The lowest BCUT2D eigenvalue weighted by atomic mass is 9.80.